The lowest BCUT2D eigenvalue weighted by Crippen LogP contribution is -2.39. The quantitative estimate of drug-likeness (QED) is 0.884. The molecule has 3 rings (SSSR count). The van der Waals surface area contributed by atoms with Gasteiger partial charge in [-0.1, -0.05) is 48.5 Å². The molecule has 1 saturated heterocycles. The van der Waals surface area contributed by atoms with E-state index in [9.17, 15) is 0 Å². The first-order chi connectivity index (χ1) is 10.9. The molecule has 3 nitrogen and oxygen atoms in total. The molecule has 0 spiro atoms. The highest BCUT2D eigenvalue weighted by Crippen LogP contribution is 2.19. The van der Waals surface area contributed by atoms with Crippen molar-refractivity contribution in [3.8, 4) is 5.75 Å². The van der Waals surface area contributed by atoms with Crippen molar-refractivity contribution in [3.05, 3.63) is 66.2 Å². The lowest BCUT2D eigenvalue weighted by molar-refractivity contribution is 0.0722. The molecule has 1 atom stereocenters. The smallest absolute Gasteiger partial charge is 0.119 e. The average molecular weight is 297 g/mol. The fourth-order valence-corrected chi connectivity index (χ4v) is 2.77. The number of hydrogen-bond acceptors (Lipinski definition) is 3. The molecule has 1 aliphatic heterocycles. The van der Waals surface area contributed by atoms with E-state index in [0.29, 0.717) is 12.6 Å². The first-order valence-electron chi connectivity index (χ1n) is 7.98. The Morgan fingerprint density at radius 2 is 1.59 bits per heavy atom. The van der Waals surface area contributed by atoms with E-state index in [1.165, 1.54) is 5.56 Å². The largest absolute Gasteiger partial charge is 0.492 e. The van der Waals surface area contributed by atoms with Crippen LogP contribution in [0, 0.1) is 0 Å². The van der Waals surface area contributed by atoms with E-state index in [1.807, 2.05) is 36.4 Å². The highest BCUT2D eigenvalue weighted by molar-refractivity contribution is 5.23. The number of ether oxygens (including phenoxy) is 2. The van der Waals surface area contributed by atoms with Crippen molar-refractivity contribution in [1.82, 2.24) is 5.32 Å². The third kappa shape index (κ3) is 4.33. The van der Waals surface area contributed by atoms with Crippen molar-refractivity contribution in [2.45, 2.75) is 24.9 Å². The normalized spacial score (nSPS) is 17.1. The molecule has 116 valence electrons. The number of para-hydroxylation sites is 1. The monoisotopic (exact) mass is 297 g/mol. The summed E-state index contributed by atoms with van der Waals surface area (Å²) < 4.78 is 11.4. The van der Waals surface area contributed by atoms with Crippen LogP contribution in [-0.2, 0) is 4.74 Å². The molecule has 1 aliphatic rings. The van der Waals surface area contributed by atoms with Crippen molar-refractivity contribution < 1.29 is 9.47 Å². The molecular formula is C19H23NO2. The predicted octanol–water partition coefficient (Wildman–Crippen LogP) is 3.58. The van der Waals surface area contributed by atoms with Crippen LogP contribution in [0.25, 0.3) is 0 Å². The van der Waals surface area contributed by atoms with Gasteiger partial charge in [-0.05, 0) is 30.5 Å². The van der Waals surface area contributed by atoms with E-state index >= 15 is 0 Å². The highest BCUT2D eigenvalue weighted by atomic mass is 16.5. The van der Waals surface area contributed by atoms with Gasteiger partial charge in [0.25, 0.3) is 0 Å². The highest BCUT2D eigenvalue weighted by Gasteiger charge is 2.20. The van der Waals surface area contributed by atoms with Crippen molar-refractivity contribution in [2.75, 3.05) is 19.8 Å². The molecule has 1 N–H and O–H groups in total. The van der Waals surface area contributed by atoms with Crippen LogP contribution in [0.2, 0.25) is 0 Å². The van der Waals surface area contributed by atoms with E-state index in [-0.39, 0.29) is 6.04 Å². The lowest BCUT2D eigenvalue weighted by Gasteiger charge is -2.29. The van der Waals surface area contributed by atoms with Crippen LogP contribution in [0.15, 0.2) is 60.7 Å². The lowest BCUT2D eigenvalue weighted by atomic mass is 10.0. The molecule has 22 heavy (non-hydrogen) atoms. The van der Waals surface area contributed by atoms with Crippen LogP contribution in [0.3, 0.4) is 0 Å². The molecule has 0 radical (unpaired) electrons. The molecule has 0 saturated carbocycles. The number of nitrogens with one attached hydrogen (secondary N) is 1. The number of hydrogen-bond donors (Lipinski definition) is 1. The van der Waals surface area contributed by atoms with Crippen LogP contribution >= 0.6 is 0 Å². The molecule has 1 heterocycles. The summed E-state index contributed by atoms with van der Waals surface area (Å²) in [5.41, 5.74) is 1.27. The van der Waals surface area contributed by atoms with E-state index in [0.717, 1.165) is 31.8 Å². The first kappa shape index (κ1) is 15.1. The molecule has 2 aromatic carbocycles. The van der Waals surface area contributed by atoms with Gasteiger partial charge in [0.15, 0.2) is 0 Å². The van der Waals surface area contributed by atoms with Gasteiger partial charge in [-0.25, -0.2) is 0 Å². The number of rotatable bonds is 6. The summed E-state index contributed by atoms with van der Waals surface area (Å²) in [4.78, 5) is 0. The summed E-state index contributed by atoms with van der Waals surface area (Å²) in [6.07, 6.45) is 2.13. The molecular weight excluding hydrogens is 274 g/mol. The minimum absolute atomic E-state index is 0.199. The Kier molecular flexibility index (Phi) is 5.46. The first-order valence-corrected chi connectivity index (χ1v) is 7.98. The van der Waals surface area contributed by atoms with E-state index in [2.05, 4.69) is 29.6 Å². The van der Waals surface area contributed by atoms with Crippen LogP contribution in [-0.4, -0.2) is 25.9 Å². The maximum atomic E-state index is 5.97. The zero-order chi connectivity index (χ0) is 15.0. The maximum absolute atomic E-state index is 5.97. The summed E-state index contributed by atoms with van der Waals surface area (Å²) in [5, 5.41) is 3.74. The summed E-state index contributed by atoms with van der Waals surface area (Å²) in [7, 11) is 0. The topological polar surface area (TPSA) is 30.5 Å². The Morgan fingerprint density at radius 3 is 2.27 bits per heavy atom. The fraction of sp³-hybridized carbons (Fsp3) is 0.368. The zero-order valence-corrected chi connectivity index (χ0v) is 12.8. The SMILES string of the molecule is c1ccc(OC[C@H](NC2CCOCC2)c2ccccc2)cc1. The van der Waals surface area contributed by atoms with Crippen molar-refractivity contribution in [2.24, 2.45) is 0 Å². The third-order valence-corrected chi connectivity index (χ3v) is 4.02. The van der Waals surface area contributed by atoms with Crippen molar-refractivity contribution in [3.63, 3.8) is 0 Å². The van der Waals surface area contributed by atoms with Crippen LogP contribution in [0.1, 0.15) is 24.4 Å². The van der Waals surface area contributed by atoms with Crippen LogP contribution < -0.4 is 10.1 Å². The van der Waals surface area contributed by atoms with E-state index in [4.69, 9.17) is 9.47 Å². The third-order valence-electron chi connectivity index (χ3n) is 4.02. The standard InChI is InChI=1S/C19H23NO2/c1-3-7-16(8-4-1)19(20-17-11-13-21-14-12-17)15-22-18-9-5-2-6-10-18/h1-10,17,19-20H,11-15H2/t19-/m0/s1. The van der Waals surface area contributed by atoms with Crippen LogP contribution in [0.5, 0.6) is 5.75 Å². The van der Waals surface area contributed by atoms with Gasteiger partial charge in [-0.15, -0.1) is 0 Å². The van der Waals surface area contributed by atoms with Gasteiger partial charge in [0.05, 0.1) is 6.04 Å². The Morgan fingerprint density at radius 1 is 0.955 bits per heavy atom. The molecule has 2 aromatic rings. The maximum Gasteiger partial charge on any atom is 0.119 e. The molecule has 0 amide bonds. The van der Waals surface area contributed by atoms with Gasteiger partial charge in [-0.3, -0.25) is 0 Å². The zero-order valence-electron chi connectivity index (χ0n) is 12.8. The predicted molar refractivity (Wildman–Crippen MR) is 88.1 cm³/mol. The van der Waals surface area contributed by atoms with Gasteiger partial charge >= 0.3 is 0 Å². The van der Waals surface area contributed by atoms with Gasteiger partial charge in [-0.2, -0.15) is 0 Å². The number of benzene rings is 2. The second-order valence-corrected chi connectivity index (χ2v) is 5.64. The average Bonchev–Trinajstić information content (AvgIpc) is 2.61. The van der Waals surface area contributed by atoms with Gasteiger partial charge in [0.1, 0.15) is 12.4 Å². The molecule has 0 aliphatic carbocycles. The van der Waals surface area contributed by atoms with Gasteiger partial charge in [0, 0.05) is 19.3 Å². The van der Waals surface area contributed by atoms with Crippen molar-refractivity contribution >= 4 is 0 Å². The summed E-state index contributed by atoms with van der Waals surface area (Å²) in [5.74, 6) is 0.914. The van der Waals surface area contributed by atoms with Gasteiger partial charge < -0.3 is 14.8 Å². The van der Waals surface area contributed by atoms with E-state index in [1.54, 1.807) is 0 Å². The Labute approximate surface area is 132 Å². The Bertz CT molecular complexity index is 538. The minimum atomic E-state index is 0.199. The molecule has 0 bridgehead atoms. The molecule has 0 unspecified atom stereocenters. The Hall–Kier alpha value is -1.84. The summed E-state index contributed by atoms with van der Waals surface area (Å²) >= 11 is 0. The van der Waals surface area contributed by atoms with E-state index < -0.39 is 0 Å². The fourth-order valence-electron chi connectivity index (χ4n) is 2.77. The molecule has 3 heteroatoms. The summed E-state index contributed by atoms with van der Waals surface area (Å²) in [6, 6.07) is 21.2. The molecule has 0 aromatic heterocycles. The van der Waals surface area contributed by atoms with Crippen molar-refractivity contribution in [1.29, 1.82) is 0 Å². The molecule has 1 fully saturated rings. The summed E-state index contributed by atoms with van der Waals surface area (Å²) in [6.45, 7) is 2.32. The minimum Gasteiger partial charge on any atom is -0.492 e. The Balaban J connectivity index is 1.65. The second-order valence-electron chi connectivity index (χ2n) is 5.64. The van der Waals surface area contributed by atoms with Gasteiger partial charge in [0.2, 0.25) is 0 Å². The van der Waals surface area contributed by atoms with Crippen LogP contribution in [0.4, 0.5) is 0 Å². The second kappa shape index (κ2) is 7.97.